The van der Waals surface area contributed by atoms with Crippen molar-refractivity contribution >= 4 is 28.8 Å². The van der Waals surface area contributed by atoms with Crippen molar-refractivity contribution in [3.63, 3.8) is 0 Å². The number of ether oxygens (including phenoxy) is 1. The molecular formula is C18H20N2O3S. The predicted octanol–water partition coefficient (Wildman–Crippen LogP) is 3.10. The fraction of sp³-hybridized carbons (Fsp3) is 0.333. The zero-order chi connectivity index (χ0) is 16.9. The van der Waals surface area contributed by atoms with Crippen LogP contribution in [0.4, 0.5) is 5.69 Å². The van der Waals surface area contributed by atoms with Crippen molar-refractivity contribution in [3.8, 4) is 0 Å². The second-order valence-electron chi connectivity index (χ2n) is 5.78. The number of hydrogen-bond acceptors (Lipinski definition) is 4. The first-order valence-electron chi connectivity index (χ1n) is 7.97. The summed E-state index contributed by atoms with van der Waals surface area (Å²) < 4.78 is 5.37. The zero-order valence-corrected chi connectivity index (χ0v) is 14.3. The minimum Gasteiger partial charge on any atom is -0.368 e. The summed E-state index contributed by atoms with van der Waals surface area (Å²) in [5.41, 5.74) is 2.31. The van der Waals surface area contributed by atoms with E-state index in [9.17, 15) is 9.59 Å². The van der Waals surface area contributed by atoms with Gasteiger partial charge >= 0.3 is 0 Å². The first-order valence-corrected chi connectivity index (χ1v) is 8.85. The van der Waals surface area contributed by atoms with Gasteiger partial charge in [0.1, 0.15) is 6.10 Å². The van der Waals surface area contributed by atoms with E-state index in [-0.39, 0.29) is 17.9 Å². The summed E-state index contributed by atoms with van der Waals surface area (Å²) in [6.45, 7) is 3.16. The molecule has 2 aromatic rings. The Kier molecular flexibility index (Phi) is 5.27. The van der Waals surface area contributed by atoms with Crippen LogP contribution in [0.3, 0.4) is 0 Å². The van der Waals surface area contributed by atoms with Gasteiger partial charge in [-0.1, -0.05) is 6.07 Å². The van der Waals surface area contributed by atoms with Gasteiger partial charge in [-0.05, 0) is 55.0 Å². The van der Waals surface area contributed by atoms with Crippen LogP contribution < -0.4 is 10.6 Å². The molecule has 2 N–H and O–H groups in total. The number of rotatable bonds is 5. The smallest absolute Gasteiger partial charge is 0.253 e. The fourth-order valence-electron chi connectivity index (χ4n) is 2.59. The number of hydrogen-bond donors (Lipinski definition) is 2. The lowest BCUT2D eigenvalue weighted by Gasteiger charge is -2.11. The summed E-state index contributed by atoms with van der Waals surface area (Å²) >= 11 is 1.63. The Morgan fingerprint density at radius 2 is 2.21 bits per heavy atom. The van der Waals surface area contributed by atoms with Crippen LogP contribution in [0.5, 0.6) is 0 Å². The number of amides is 2. The van der Waals surface area contributed by atoms with Crippen molar-refractivity contribution < 1.29 is 14.3 Å². The molecule has 0 radical (unpaired) electrons. The summed E-state index contributed by atoms with van der Waals surface area (Å²) in [6, 6.07) is 8.98. The maximum absolute atomic E-state index is 12.3. The molecule has 1 aliphatic heterocycles. The molecule has 1 aromatic heterocycles. The Labute approximate surface area is 145 Å². The average Bonchev–Trinajstić information content (AvgIpc) is 3.24. The summed E-state index contributed by atoms with van der Waals surface area (Å²) in [4.78, 5) is 25.5. The van der Waals surface area contributed by atoms with Crippen LogP contribution in [0.25, 0.3) is 0 Å². The number of anilines is 1. The monoisotopic (exact) mass is 344 g/mol. The van der Waals surface area contributed by atoms with Gasteiger partial charge in [0.25, 0.3) is 11.8 Å². The van der Waals surface area contributed by atoms with Gasteiger partial charge in [-0.3, -0.25) is 9.59 Å². The molecule has 1 aliphatic rings. The molecule has 1 atom stereocenters. The maximum Gasteiger partial charge on any atom is 0.253 e. The Balaban J connectivity index is 1.60. The number of aryl methyl sites for hydroxylation is 1. The standard InChI is InChI=1S/C18H20N2O3S/c1-12-7-9-24-16(12)11-19-17(21)13-4-2-5-14(10-13)20-18(22)15-6-3-8-23-15/h2,4-5,7,9-10,15H,3,6,8,11H2,1H3,(H,19,21)(H,20,22). The molecule has 2 amide bonds. The molecular weight excluding hydrogens is 324 g/mol. The summed E-state index contributed by atoms with van der Waals surface area (Å²) in [5.74, 6) is -0.310. The Bertz CT molecular complexity index is 735. The molecule has 0 spiro atoms. The topological polar surface area (TPSA) is 67.4 Å². The highest BCUT2D eigenvalue weighted by Gasteiger charge is 2.23. The molecule has 1 unspecified atom stereocenters. The second-order valence-corrected chi connectivity index (χ2v) is 6.78. The molecule has 1 aromatic carbocycles. The molecule has 6 heteroatoms. The SMILES string of the molecule is Cc1ccsc1CNC(=O)c1cccc(NC(=O)C2CCCO2)c1. The van der Waals surface area contributed by atoms with Gasteiger partial charge in [-0.15, -0.1) is 11.3 Å². The number of carbonyl (C=O) groups excluding carboxylic acids is 2. The Morgan fingerprint density at radius 3 is 2.92 bits per heavy atom. The molecule has 3 rings (SSSR count). The van der Waals surface area contributed by atoms with Crippen molar-refractivity contribution in [2.75, 3.05) is 11.9 Å². The van der Waals surface area contributed by atoms with Crippen molar-refractivity contribution in [1.29, 1.82) is 0 Å². The van der Waals surface area contributed by atoms with Crippen molar-refractivity contribution in [1.82, 2.24) is 5.32 Å². The Morgan fingerprint density at radius 1 is 1.33 bits per heavy atom. The predicted molar refractivity (Wildman–Crippen MR) is 94.3 cm³/mol. The molecule has 24 heavy (non-hydrogen) atoms. The zero-order valence-electron chi connectivity index (χ0n) is 13.5. The molecule has 126 valence electrons. The van der Waals surface area contributed by atoms with E-state index in [1.807, 2.05) is 18.4 Å². The van der Waals surface area contributed by atoms with Crippen molar-refractivity contribution in [2.45, 2.75) is 32.4 Å². The van der Waals surface area contributed by atoms with Gasteiger partial charge in [0, 0.05) is 22.7 Å². The number of benzene rings is 1. The summed E-state index contributed by atoms with van der Waals surface area (Å²) in [5, 5.41) is 7.74. The summed E-state index contributed by atoms with van der Waals surface area (Å²) in [6.07, 6.45) is 1.26. The molecule has 0 saturated carbocycles. The van der Waals surface area contributed by atoms with E-state index in [0.717, 1.165) is 17.7 Å². The maximum atomic E-state index is 12.3. The fourth-order valence-corrected chi connectivity index (χ4v) is 3.44. The molecule has 0 bridgehead atoms. The number of thiophene rings is 1. The summed E-state index contributed by atoms with van der Waals surface area (Å²) in [7, 11) is 0. The second kappa shape index (κ2) is 7.59. The molecule has 0 aliphatic carbocycles. The van der Waals surface area contributed by atoms with Crippen LogP contribution in [0.1, 0.15) is 33.6 Å². The van der Waals surface area contributed by atoms with E-state index in [1.54, 1.807) is 35.6 Å². The minimum absolute atomic E-state index is 0.153. The van der Waals surface area contributed by atoms with E-state index in [1.165, 1.54) is 5.56 Å². The molecule has 5 nitrogen and oxygen atoms in total. The Hall–Kier alpha value is -2.18. The number of carbonyl (C=O) groups is 2. The van der Waals surface area contributed by atoms with Crippen LogP contribution in [-0.2, 0) is 16.1 Å². The van der Waals surface area contributed by atoms with Crippen LogP contribution in [0.2, 0.25) is 0 Å². The lowest BCUT2D eigenvalue weighted by atomic mass is 10.1. The van der Waals surface area contributed by atoms with E-state index in [0.29, 0.717) is 24.4 Å². The highest BCUT2D eigenvalue weighted by molar-refractivity contribution is 7.10. The van der Waals surface area contributed by atoms with E-state index >= 15 is 0 Å². The first kappa shape index (κ1) is 16.7. The first-order chi connectivity index (χ1) is 11.6. The third kappa shape index (κ3) is 4.01. The van der Waals surface area contributed by atoms with Gasteiger partial charge in [-0.25, -0.2) is 0 Å². The largest absolute Gasteiger partial charge is 0.368 e. The minimum atomic E-state index is -0.385. The highest BCUT2D eigenvalue weighted by Crippen LogP contribution is 2.17. The number of nitrogens with one attached hydrogen (secondary N) is 2. The third-order valence-corrected chi connectivity index (χ3v) is 5.02. The third-order valence-electron chi connectivity index (χ3n) is 3.99. The van der Waals surface area contributed by atoms with Crippen LogP contribution in [0.15, 0.2) is 35.7 Å². The van der Waals surface area contributed by atoms with Gasteiger partial charge in [-0.2, -0.15) is 0 Å². The normalized spacial score (nSPS) is 16.8. The lowest BCUT2D eigenvalue weighted by Crippen LogP contribution is -2.27. The van der Waals surface area contributed by atoms with E-state index < -0.39 is 0 Å². The van der Waals surface area contributed by atoms with Gasteiger partial charge in [0.2, 0.25) is 0 Å². The van der Waals surface area contributed by atoms with Crippen LogP contribution in [0, 0.1) is 6.92 Å². The van der Waals surface area contributed by atoms with Crippen LogP contribution >= 0.6 is 11.3 Å². The highest BCUT2D eigenvalue weighted by atomic mass is 32.1. The van der Waals surface area contributed by atoms with E-state index in [2.05, 4.69) is 10.6 Å². The van der Waals surface area contributed by atoms with Gasteiger partial charge in [0.15, 0.2) is 0 Å². The van der Waals surface area contributed by atoms with Gasteiger partial charge < -0.3 is 15.4 Å². The van der Waals surface area contributed by atoms with Crippen molar-refractivity contribution in [3.05, 3.63) is 51.7 Å². The average molecular weight is 344 g/mol. The quantitative estimate of drug-likeness (QED) is 0.876. The molecule has 1 saturated heterocycles. The van der Waals surface area contributed by atoms with Crippen molar-refractivity contribution in [2.24, 2.45) is 0 Å². The molecule has 1 fully saturated rings. The molecule has 2 heterocycles. The van der Waals surface area contributed by atoms with Crippen LogP contribution in [-0.4, -0.2) is 24.5 Å². The van der Waals surface area contributed by atoms with Gasteiger partial charge in [0.05, 0.1) is 6.54 Å². The van der Waals surface area contributed by atoms with E-state index in [4.69, 9.17) is 4.74 Å². The lowest BCUT2D eigenvalue weighted by molar-refractivity contribution is -0.124.